The summed E-state index contributed by atoms with van der Waals surface area (Å²) in [6.07, 6.45) is 0. The van der Waals surface area contributed by atoms with E-state index in [0.717, 1.165) is 15.2 Å². The van der Waals surface area contributed by atoms with Crippen LogP contribution in [-0.2, 0) is 0 Å². The third-order valence-electron chi connectivity index (χ3n) is 2.39. The Bertz CT molecular complexity index is 749. The van der Waals surface area contributed by atoms with Crippen molar-refractivity contribution in [3.63, 3.8) is 0 Å². The van der Waals surface area contributed by atoms with Gasteiger partial charge in [0, 0.05) is 4.88 Å². The van der Waals surface area contributed by atoms with Gasteiger partial charge in [-0.05, 0) is 25.1 Å². The number of hydrogen-bond donors (Lipinski definition) is 0. The van der Waals surface area contributed by atoms with Gasteiger partial charge in [0.15, 0.2) is 0 Å². The van der Waals surface area contributed by atoms with Crippen molar-refractivity contribution in [2.45, 2.75) is 6.92 Å². The van der Waals surface area contributed by atoms with E-state index in [4.69, 9.17) is 0 Å². The molecule has 3 nitrogen and oxygen atoms in total. The highest BCUT2D eigenvalue weighted by molar-refractivity contribution is 7.18. The van der Waals surface area contributed by atoms with Crippen molar-refractivity contribution in [3.8, 4) is 0 Å². The van der Waals surface area contributed by atoms with Gasteiger partial charge in [0.25, 0.3) is 5.56 Å². The molecule has 0 N–H and O–H groups in total. The Balaban J connectivity index is 2.62. The maximum absolute atomic E-state index is 11.9. The molecule has 0 atom stereocenters. The minimum atomic E-state index is -0.201. The van der Waals surface area contributed by atoms with E-state index in [1.807, 2.05) is 31.2 Å². The predicted molar refractivity (Wildman–Crippen MR) is 65.9 cm³/mol. The van der Waals surface area contributed by atoms with Crippen LogP contribution in [0.4, 0.5) is 0 Å². The topological polar surface area (TPSA) is 42.9 Å². The van der Waals surface area contributed by atoms with E-state index in [2.05, 4.69) is 9.97 Å². The molecule has 0 saturated carbocycles. The number of nitrogens with zero attached hydrogens (tertiary/aromatic N) is 2. The summed E-state index contributed by atoms with van der Waals surface area (Å²) in [5.74, 6) is 0. The van der Waals surface area contributed by atoms with Gasteiger partial charge in [-0.1, -0.05) is 12.1 Å². The van der Waals surface area contributed by atoms with E-state index in [0.29, 0.717) is 10.9 Å². The molecule has 0 bridgehead atoms. The molecule has 0 fully saturated rings. The average Bonchev–Trinajstić information content (AvgIpc) is 2.57. The molecular weight excluding hydrogens is 220 g/mol. The second-order valence-electron chi connectivity index (χ2n) is 3.59. The van der Waals surface area contributed by atoms with Crippen LogP contribution in [0.3, 0.4) is 0 Å². The Kier molecular flexibility index (Phi) is 1.97. The van der Waals surface area contributed by atoms with Gasteiger partial charge in [0.2, 0.25) is 0 Å². The Morgan fingerprint density at radius 3 is 2.56 bits per heavy atom. The van der Waals surface area contributed by atoms with Gasteiger partial charge in [-0.3, -0.25) is 4.79 Å². The number of fused-ring (bicyclic) bond motifs is 2. The first-order valence-corrected chi connectivity index (χ1v) is 5.73. The van der Waals surface area contributed by atoms with E-state index >= 15 is 0 Å². The van der Waals surface area contributed by atoms with Crippen molar-refractivity contribution in [1.29, 1.82) is 0 Å². The number of hydrogen-bond acceptors (Lipinski definition) is 4. The van der Waals surface area contributed by atoms with Crippen LogP contribution in [0.1, 0.15) is 4.88 Å². The van der Waals surface area contributed by atoms with Crippen LogP contribution < -0.4 is 5.56 Å². The second-order valence-corrected chi connectivity index (χ2v) is 4.83. The lowest BCUT2D eigenvalue weighted by Gasteiger charge is -1.86. The van der Waals surface area contributed by atoms with Gasteiger partial charge in [-0.25, -0.2) is 9.97 Å². The fraction of sp³-hybridized carbons (Fsp3) is 0.0833. The van der Waals surface area contributed by atoms with Crippen molar-refractivity contribution in [1.82, 2.24) is 9.97 Å². The van der Waals surface area contributed by atoms with Crippen LogP contribution >= 0.6 is 11.3 Å². The fourth-order valence-electron chi connectivity index (χ4n) is 1.67. The van der Waals surface area contributed by atoms with Crippen LogP contribution in [0.2, 0.25) is 0 Å². The Hall–Kier alpha value is -1.81. The monoisotopic (exact) mass is 228 g/mol. The smallest absolute Gasteiger partial charge is 0.267 e. The molecule has 0 radical (unpaired) electrons. The van der Waals surface area contributed by atoms with Crippen molar-refractivity contribution < 1.29 is 0 Å². The molecule has 0 aliphatic carbocycles. The Morgan fingerprint density at radius 1 is 1.12 bits per heavy atom. The molecule has 4 heteroatoms. The first-order valence-electron chi connectivity index (χ1n) is 4.91. The van der Waals surface area contributed by atoms with Crippen molar-refractivity contribution in [2.75, 3.05) is 0 Å². The number of thiophene rings is 1. The molecule has 0 aliphatic rings. The van der Waals surface area contributed by atoms with Crippen molar-refractivity contribution in [2.24, 2.45) is 0 Å². The molecule has 16 heavy (non-hydrogen) atoms. The van der Waals surface area contributed by atoms with Crippen molar-refractivity contribution >= 4 is 32.6 Å². The van der Waals surface area contributed by atoms with Gasteiger partial charge in [0.1, 0.15) is 4.83 Å². The summed E-state index contributed by atoms with van der Waals surface area (Å²) in [7, 11) is 0. The molecule has 0 amide bonds. The van der Waals surface area contributed by atoms with Crippen LogP contribution in [0, 0.1) is 6.92 Å². The zero-order valence-corrected chi connectivity index (χ0v) is 9.41. The Morgan fingerprint density at radius 2 is 1.81 bits per heavy atom. The average molecular weight is 228 g/mol. The maximum Gasteiger partial charge on any atom is 0.280 e. The molecule has 2 aromatic heterocycles. The molecule has 78 valence electrons. The minimum Gasteiger partial charge on any atom is -0.267 e. The highest BCUT2D eigenvalue weighted by Crippen LogP contribution is 2.20. The maximum atomic E-state index is 11.9. The predicted octanol–water partition coefficient (Wildman–Crippen LogP) is 2.51. The standard InChI is InChI=1S/C12H8N2OS/c1-7-6-8-11(15)13-9-4-2-3-5-10(9)14-12(8)16-7/h2-6H,1H3. The quantitative estimate of drug-likeness (QED) is 0.593. The van der Waals surface area contributed by atoms with Crippen LogP contribution in [-0.4, -0.2) is 9.97 Å². The number of para-hydroxylation sites is 2. The fourth-order valence-corrected chi connectivity index (χ4v) is 2.55. The summed E-state index contributed by atoms with van der Waals surface area (Å²) in [6, 6.07) is 9.28. The zero-order valence-electron chi connectivity index (χ0n) is 8.60. The van der Waals surface area contributed by atoms with E-state index in [9.17, 15) is 4.79 Å². The third-order valence-corrected chi connectivity index (χ3v) is 3.34. The highest BCUT2D eigenvalue weighted by atomic mass is 32.1. The summed E-state index contributed by atoms with van der Waals surface area (Å²) >= 11 is 1.52. The molecule has 1 aromatic carbocycles. The van der Waals surface area contributed by atoms with Gasteiger partial charge in [-0.2, -0.15) is 0 Å². The largest absolute Gasteiger partial charge is 0.280 e. The van der Waals surface area contributed by atoms with E-state index in [1.54, 1.807) is 6.07 Å². The summed E-state index contributed by atoms with van der Waals surface area (Å²) in [6.45, 7) is 1.97. The molecule has 0 unspecified atom stereocenters. The van der Waals surface area contributed by atoms with Gasteiger partial charge >= 0.3 is 0 Å². The number of aryl methyl sites for hydroxylation is 1. The van der Waals surface area contributed by atoms with Crippen molar-refractivity contribution in [3.05, 3.63) is 45.6 Å². The normalized spacial score (nSPS) is 11.1. The molecule has 0 aliphatic heterocycles. The summed E-state index contributed by atoms with van der Waals surface area (Å²) in [4.78, 5) is 22.2. The zero-order chi connectivity index (χ0) is 11.1. The molecule has 3 rings (SSSR count). The highest BCUT2D eigenvalue weighted by Gasteiger charge is 2.05. The van der Waals surface area contributed by atoms with E-state index in [1.165, 1.54) is 11.3 Å². The SMILES string of the molecule is Cc1cc2c(=O)nc3ccccc3nc2s1. The molecule has 0 saturated heterocycles. The first-order chi connectivity index (χ1) is 7.74. The minimum absolute atomic E-state index is 0.201. The van der Waals surface area contributed by atoms with Gasteiger partial charge < -0.3 is 0 Å². The third kappa shape index (κ3) is 1.39. The van der Waals surface area contributed by atoms with Crippen LogP contribution in [0.15, 0.2) is 35.1 Å². The second kappa shape index (κ2) is 3.35. The molecule has 2 heterocycles. The number of aromatic nitrogens is 2. The van der Waals surface area contributed by atoms with Crippen LogP contribution in [0.25, 0.3) is 21.3 Å². The van der Waals surface area contributed by atoms with Crippen LogP contribution in [0.5, 0.6) is 0 Å². The summed E-state index contributed by atoms with van der Waals surface area (Å²) in [5.41, 5.74) is 1.21. The number of rotatable bonds is 0. The summed E-state index contributed by atoms with van der Waals surface area (Å²) < 4.78 is 0. The number of benzene rings is 1. The van der Waals surface area contributed by atoms with Gasteiger partial charge in [-0.15, -0.1) is 11.3 Å². The Labute approximate surface area is 95.4 Å². The lowest BCUT2D eigenvalue weighted by molar-refractivity contribution is 1.35. The molecule has 0 spiro atoms. The molecule has 3 aromatic rings. The summed E-state index contributed by atoms with van der Waals surface area (Å²) in [5, 5.41) is 0.610. The van der Waals surface area contributed by atoms with E-state index in [-0.39, 0.29) is 5.56 Å². The molecular formula is C12H8N2OS. The lowest BCUT2D eigenvalue weighted by Crippen LogP contribution is -2.00. The lowest BCUT2D eigenvalue weighted by atomic mass is 10.3. The van der Waals surface area contributed by atoms with Gasteiger partial charge in [0.05, 0.1) is 16.4 Å². The van der Waals surface area contributed by atoms with E-state index < -0.39 is 0 Å². The first kappa shape index (κ1) is 9.42.